The van der Waals surface area contributed by atoms with Crippen LogP contribution in [0.1, 0.15) is 31.4 Å². The fourth-order valence-corrected chi connectivity index (χ4v) is 5.71. The summed E-state index contributed by atoms with van der Waals surface area (Å²) in [6.07, 6.45) is 0.339. The third kappa shape index (κ3) is 7.32. The molecule has 0 aliphatic rings. The van der Waals surface area contributed by atoms with E-state index in [0.717, 1.165) is 15.4 Å². The van der Waals surface area contributed by atoms with Gasteiger partial charge in [-0.25, -0.2) is 8.42 Å². The summed E-state index contributed by atoms with van der Waals surface area (Å²) in [6, 6.07) is 19.4. The monoisotopic (exact) mass is 567 g/mol. The van der Waals surface area contributed by atoms with E-state index >= 15 is 0 Å². The molecule has 0 heterocycles. The number of likely N-dealkylation sites (N-methyl/N-ethyl adjacent to an activating group) is 1. The molecule has 1 N–H and O–H groups in total. The van der Waals surface area contributed by atoms with E-state index in [-0.39, 0.29) is 17.3 Å². The zero-order valence-electron chi connectivity index (χ0n) is 23.6. The molecule has 3 rings (SSSR count). The lowest BCUT2D eigenvalue weighted by atomic mass is 10.1. The zero-order valence-corrected chi connectivity index (χ0v) is 24.4. The summed E-state index contributed by atoms with van der Waals surface area (Å²) in [5.74, 6) is 0.292. The van der Waals surface area contributed by atoms with E-state index in [1.165, 1.54) is 24.1 Å². The van der Waals surface area contributed by atoms with Gasteiger partial charge in [0, 0.05) is 13.6 Å². The Kier molecular flexibility index (Phi) is 10.6. The fraction of sp³-hybridized carbons (Fsp3) is 0.333. The highest BCUT2D eigenvalue weighted by atomic mass is 32.2. The zero-order chi connectivity index (χ0) is 29.3. The molecule has 1 unspecified atom stereocenters. The molecule has 3 aromatic rings. The number of hydrogen-bond donors (Lipinski definition) is 1. The minimum Gasteiger partial charge on any atom is -0.497 e. The fourth-order valence-electron chi connectivity index (χ4n) is 4.30. The number of amides is 2. The summed E-state index contributed by atoms with van der Waals surface area (Å²) in [5, 5.41) is 2.62. The molecule has 2 amide bonds. The molecule has 0 aromatic heterocycles. The van der Waals surface area contributed by atoms with Gasteiger partial charge in [-0.3, -0.25) is 13.9 Å². The minimum absolute atomic E-state index is 0.0158. The molecule has 0 aliphatic heterocycles. The van der Waals surface area contributed by atoms with Crippen LogP contribution in [0.15, 0.2) is 77.7 Å². The Morgan fingerprint density at radius 3 is 2.20 bits per heavy atom. The van der Waals surface area contributed by atoms with Crippen LogP contribution in [0.3, 0.4) is 0 Å². The predicted molar refractivity (Wildman–Crippen MR) is 155 cm³/mol. The number of carbonyl (C=O) groups is 2. The summed E-state index contributed by atoms with van der Waals surface area (Å²) in [7, 11) is -1.10. The van der Waals surface area contributed by atoms with Gasteiger partial charge in [-0.15, -0.1) is 0 Å². The van der Waals surface area contributed by atoms with Crippen LogP contribution in [-0.4, -0.2) is 58.5 Å². The van der Waals surface area contributed by atoms with Crippen molar-refractivity contribution >= 4 is 27.5 Å². The van der Waals surface area contributed by atoms with Crippen molar-refractivity contribution in [1.82, 2.24) is 10.2 Å². The van der Waals surface area contributed by atoms with Gasteiger partial charge in [0.1, 0.15) is 24.1 Å². The number of carbonyl (C=O) groups excluding carboxylic acids is 2. The highest BCUT2D eigenvalue weighted by molar-refractivity contribution is 7.92. The molecule has 214 valence electrons. The van der Waals surface area contributed by atoms with Gasteiger partial charge in [-0.05, 0) is 74.4 Å². The summed E-state index contributed by atoms with van der Waals surface area (Å²) in [4.78, 5) is 28.2. The maximum Gasteiger partial charge on any atom is 0.264 e. The van der Waals surface area contributed by atoms with Gasteiger partial charge in [-0.2, -0.15) is 0 Å². The molecule has 10 heteroatoms. The Labute approximate surface area is 236 Å². The number of anilines is 1. The second kappa shape index (κ2) is 13.8. The van der Waals surface area contributed by atoms with Crippen molar-refractivity contribution in [3.05, 3.63) is 83.9 Å². The highest BCUT2D eigenvalue weighted by Crippen LogP contribution is 2.27. The van der Waals surface area contributed by atoms with Crippen LogP contribution >= 0.6 is 0 Å². The van der Waals surface area contributed by atoms with Crippen molar-refractivity contribution in [1.29, 1.82) is 0 Å². The summed E-state index contributed by atoms with van der Waals surface area (Å²) >= 11 is 0. The number of benzene rings is 3. The van der Waals surface area contributed by atoms with Gasteiger partial charge in [0.15, 0.2) is 0 Å². The van der Waals surface area contributed by atoms with E-state index in [4.69, 9.17) is 9.47 Å². The molecule has 3 aromatic carbocycles. The Morgan fingerprint density at radius 1 is 0.950 bits per heavy atom. The Morgan fingerprint density at radius 2 is 1.62 bits per heavy atom. The third-order valence-electron chi connectivity index (χ3n) is 6.44. The van der Waals surface area contributed by atoms with Crippen molar-refractivity contribution in [3.63, 3.8) is 0 Å². The number of rotatable bonds is 13. The molecular weight excluding hydrogens is 530 g/mol. The Balaban J connectivity index is 2.04. The first-order valence-corrected chi connectivity index (χ1v) is 14.5. The lowest BCUT2D eigenvalue weighted by Crippen LogP contribution is -2.51. The van der Waals surface area contributed by atoms with Crippen LogP contribution in [-0.2, 0) is 26.2 Å². The Bertz CT molecular complexity index is 1390. The SMILES string of the molecule is CCOc1ccc(S(=O)(=O)N(CC(=O)N(Cc2cccc(OC)c2)C(CC)C(=O)NC)c2ccc(C)cc2)cc1. The molecule has 9 nitrogen and oxygen atoms in total. The molecule has 0 bridgehead atoms. The van der Waals surface area contributed by atoms with Crippen LogP contribution in [0, 0.1) is 6.92 Å². The normalized spacial score (nSPS) is 11.8. The van der Waals surface area contributed by atoms with Gasteiger partial charge in [0.05, 0.1) is 24.3 Å². The number of nitrogens with one attached hydrogen (secondary N) is 1. The third-order valence-corrected chi connectivity index (χ3v) is 8.23. The topological polar surface area (TPSA) is 105 Å². The first kappa shape index (κ1) is 30.5. The average molecular weight is 568 g/mol. The van der Waals surface area contributed by atoms with E-state index < -0.39 is 28.5 Å². The van der Waals surface area contributed by atoms with Crippen LogP contribution in [0.4, 0.5) is 5.69 Å². The Hall–Kier alpha value is -4.05. The molecule has 1 atom stereocenters. The van der Waals surface area contributed by atoms with Crippen LogP contribution < -0.4 is 19.1 Å². The van der Waals surface area contributed by atoms with Crippen molar-refractivity contribution in [2.75, 3.05) is 31.6 Å². The van der Waals surface area contributed by atoms with Crippen LogP contribution in [0.2, 0.25) is 0 Å². The molecule has 0 fully saturated rings. The standard InChI is InChI=1S/C30H37N3O6S/c1-6-28(30(35)31-4)32(20-23-9-8-10-26(19-23)38-5)29(34)21-33(24-13-11-22(3)12-14-24)40(36,37)27-17-15-25(16-18-27)39-7-2/h8-19,28H,6-7,20-21H2,1-5H3,(H,31,35). The lowest BCUT2D eigenvalue weighted by molar-refractivity contribution is -0.140. The van der Waals surface area contributed by atoms with Gasteiger partial charge in [-0.1, -0.05) is 36.8 Å². The van der Waals surface area contributed by atoms with Gasteiger partial charge in [0.25, 0.3) is 10.0 Å². The van der Waals surface area contributed by atoms with E-state index in [1.807, 2.05) is 19.9 Å². The smallest absolute Gasteiger partial charge is 0.264 e. The van der Waals surface area contributed by atoms with Crippen LogP contribution in [0.25, 0.3) is 0 Å². The van der Waals surface area contributed by atoms with Crippen molar-refractivity contribution in [2.45, 2.75) is 44.7 Å². The number of sulfonamides is 1. The molecule has 40 heavy (non-hydrogen) atoms. The molecular formula is C30H37N3O6S. The summed E-state index contributed by atoms with van der Waals surface area (Å²) < 4.78 is 39.7. The summed E-state index contributed by atoms with van der Waals surface area (Å²) in [6.45, 7) is 5.58. The number of nitrogens with zero attached hydrogens (tertiary/aromatic N) is 2. The maximum absolute atomic E-state index is 14.0. The second-order valence-corrected chi connectivity index (χ2v) is 11.0. The van der Waals surface area contributed by atoms with E-state index in [2.05, 4.69) is 5.32 Å². The average Bonchev–Trinajstić information content (AvgIpc) is 2.96. The number of hydrogen-bond acceptors (Lipinski definition) is 6. The molecule has 0 aliphatic carbocycles. The predicted octanol–water partition coefficient (Wildman–Crippen LogP) is 4.15. The quantitative estimate of drug-likeness (QED) is 0.333. The molecule has 0 radical (unpaired) electrons. The van der Waals surface area contributed by atoms with Crippen LogP contribution in [0.5, 0.6) is 11.5 Å². The van der Waals surface area contributed by atoms with Gasteiger partial charge >= 0.3 is 0 Å². The van der Waals surface area contributed by atoms with Crippen molar-refractivity contribution in [2.24, 2.45) is 0 Å². The maximum atomic E-state index is 14.0. The molecule has 0 saturated heterocycles. The largest absolute Gasteiger partial charge is 0.497 e. The van der Waals surface area contributed by atoms with E-state index in [0.29, 0.717) is 30.2 Å². The molecule has 0 spiro atoms. The van der Waals surface area contributed by atoms with E-state index in [1.54, 1.807) is 68.6 Å². The summed E-state index contributed by atoms with van der Waals surface area (Å²) in [5.41, 5.74) is 2.02. The first-order chi connectivity index (χ1) is 19.1. The minimum atomic E-state index is -4.16. The number of methoxy groups -OCH3 is 1. The highest BCUT2D eigenvalue weighted by Gasteiger charge is 2.33. The molecule has 0 saturated carbocycles. The van der Waals surface area contributed by atoms with Crippen molar-refractivity contribution in [3.8, 4) is 11.5 Å². The van der Waals surface area contributed by atoms with E-state index in [9.17, 15) is 18.0 Å². The number of ether oxygens (including phenoxy) is 2. The first-order valence-electron chi connectivity index (χ1n) is 13.1. The number of aryl methyl sites for hydroxylation is 1. The lowest BCUT2D eigenvalue weighted by Gasteiger charge is -2.33. The van der Waals surface area contributed by atoms with Gasteiger partial charge < -0.3 is 19.7 Å². The second-order valence-electron chi connectivity index (χ2n) is 9.16. The van der Waals surface area contributed by atoms with Crippen molar-refractivity contribution < 1.29 is 27.5 Å². The van der Waals surface area contributed by atoms with Gasteiger partial charge in [0.2, 0.25) is 11.8 Å².